The monoisotopic (exact) mass is 521 g/mol. The van der Waals surface area contributed by atoms with Crippen molar-refractivity contribution in [3.8, 4) is 0 Å². The van der Waals surface area contributed by atoms with Crippen molar-refractivity contribution in [3.05, 3.63) is 64.7 Å². The van der Waals surface area contributed by atoms with E-state index in [2.05, 4.69) is 26.1 Å². The Labute approximate surface area is 214 Å². The van der Waals surface area contributed by atoms with Crippen LogP contribution in [0.2, 0.25) is 5.02 Å². The molecule has 0 bridgehead atoms. The first-order chi connectivity index (χ1) is 16.1. The van der Waals surface area contributed by atoms with Crippen LogP contribution < -0.4 is 9.62 Å². The van der Waals surface area contributed by atoms with E-state index in [9.17, 15) is 18.0 Å². The van der Waals surface area contributed by atoms with Crippen LogP contribution in [0, 0.1) is 0 Å². The molecule has 0 saturated carbocycles. The quantitative estimate of drug-likeness (QED) is 0.531. The zero-order valence-corrected chi connectivity index (χ0v) is 23.1. The average Bonchev–Trinajstić information content (AvgIpc) is 2.74. The van der Waals surface area contributed by atoms with Crippen molar-refractivity contribution in [2.75, 3.05) is 17.1 Å². The number of hydrogen-bond acceptors (Lipinski definition) is 4. The summed E-state index contributed by atoms with van der Waals surface area (Å²) in [7, 11) is -3.77. The van der Waals surface area contributed by atoms with E-state index in [1.165, 1.54) is 4.90 Å². The molecule has 9 heteroatoms. The third kappa shape index (κ3) is 8.25. The number of sulfonamides is 1. The van der Waals surface area contributed by atoms with Gasteiger partial charge in [0.25, 0.3) is 0 Å². The van der Waals surface area contributed by atoms with Crippen LogP contribution in [0.5, 0.6) is 0 Å². The minimum atomic E-state index is -3.77. The lowest BCUT2D eigenvalue weighted by molar-refractivity contribution is -0.139. The second kappa shape index (κ2) is 11.4. The van der Waals surface area contributed by atoms with Crippen molar-refractivity contribution in [2.45, 2.75) is 65.6 Å². The fourth-order valence-electron chi connectivity index (χ4n) is 3.52. The van der Waals surface area contributed by atoms with Gasteiger partial charge in [0.15, 0.2) is 0 Å². The highest BCUT2D eigenvalue weighted by molar-refractivity contribution is 7.92. The summed E-state index contributed by atoms with van der Waals surface area (Å²) >= 11 is 5.99. The molecule has 2 amide bonds. The molecule has 0 unspecified atom stereocenters. The largest absolute Gasteiger partial charge is 0.352 e. The Morgan fingerprint density at radius 3 is 1.97 bits per heavy atom. The van der Waals surface area contributed by atoms with Gasteiger partial charge in [0.2, 0.25) is 21.8 Å². The summed E-state index contributed by atoms with van der Waals surface area (Å²) in [6, 6.07) is 13.2. The number of hydrogen-bond donors (Lipinski definition) is 1. The highest BCUT2D eigenvalue weighted by Crippen LogP contribution is 2.26. The van der Waals surface area contributed by atoms with Crippen LogP contribution in [-0.4, -0.2) is 50.0 Å². The third-order valence-electron chi connectivity index (χ3n) is 5.56. The molecule has 0 spiro atoms. The van der Waals surface area contributed by atoms with Crippen LogP contribution in [0.4, 0.5) is 5.69 Å². The highest BCUT2D eigenvalue weighted by Gasteiger charge is 2.30. The second-order valence-electron chi connectivity index (χ2n) is 10.1. The molecule has 2 aromatic rings. The lowest BCUT2D eigenvalue weighted by Crippen LogP contribution is -2.52. The van der Waals surface area contributed by atoms with Crippen molar-refractivity contribution in [2.24, 2.45) is 0 Å². The van der Waals surface area contributed by atoms with Gasteiger partial charge in [-0.2, -0.15) is 0 Å². The van der Waals surface area contributed by atoms with Gasteiger partial charge >= 0.3 is 0 Å². The molecule has 2 aromatic carbocycles. The summed E-state index contributed by atoms with van der Waals surface area (Å²) in [6.45, 7) is 11.2. The van der Waals surface area contributed by atoms with Crippen molar-refractivity contribution < 1.29 is 18.0 Å². The van der Waals surface area contributed by atoms with E-state index in [1.54, 1.807) is 43.3 Å². The standard InChI is InChI=1S/C26H36ClN3O4S/c1-18(2)28-25(32)19(3)29(16-20-8-12-22(27)13-9-20)24(31)17-30(35(7,33)34)23-14-10-21(11-15-23)26(4,5)6/h8-15,18-19H,16-17H2,1-7H3,(H,28,32)/t19-/m0/s1. The molecular weight excluding hydrogens is 486 g/mol. The Bertz CT molecular complexity index is 1120. The van der Waals surface area contributed by atoms with E-state index in [1.807, 2.05) is 26.0 Å². The van der Waals surface area contributed by atoms with E-state index in [0.29, 0.717) is 10.7 Å². The SMILES string of the molecule is CC(C)NC(=O)[C@H](C)N(Cc1ccc(Cl)cc1)C(=O)CN(c1ccc(C(C)(C)C)cc1)S(C)(=O)=O. The Morgan fingerprint density at radius 2 is 1.51 bits per heavy atom. The van der Waals surface area contributed by atoms with Crippen molar-refractivity contribution in [1.29, 1.82) is 0 Å². The molecule has 1 N–H and O–H groups in total. The molecule has 0 heterocycles. The Balaban J connectivity index is 2.39. The first kappa shape index (κ1) is 28.7. The number of nitrogens with zero attached hydrogens (tertiary/aromatic N) is 2. The third-order valence-corrected chi connectivity index (χ3v) is 6.96. The van der Waals surface area contributed by atoms with E-state index >= 15 is 0 Å². The molecule has 0 radical (unpaired) electrons. The number of amides is 2. The number of benzene rings is 2. The average molecular weight is 522 g/mol. The van der Waals surface area contributed by atoms with Gasteiger partial charge in [-0.15, -0.1) is 0 Å². The maximum Gasteiger partial charge on any atom is 0.244 e. The van der Waals surface area contributed by atoms with Gasteiger partial charge in [-0.05, 0) is 61.6 Å². The van der Waals surface area contributed by atoms with E-state index in [4.69, 9.17) is 11.6 Å². The lowest BCUT2D eigenvalue weighted by Gasteiger charge is -2.32. The molecule has 35 heavy (non-hydrogen) atoms. The lowest BCUT2D eigenvalue weighted by atomic mass is 9.87. The number of halogens is 1. The predicted molar refractivity (Wildman–Crippen MR) is 142 cm³/mol. The topological polar surface area (TPSA) is 86.8 Å². The summed E-state index contributed by atoms with van der Waals surface area (Å²) in [5.74, 6) is -0.806. The van der Waals surface area contributed by atoms with Crippen LogP contribution in [0.25, 0.3) is 0 Å². The van der Waals surface area contributed by atoms with Crippen molar-refractivity contribution >= 4 is 39.1 Å². The summed E-state index contributed by atoms with van der Waals surface area (Å²) in [5, 5.41) is 3.38. The Hall–Kier alpha value is -2.58. The van der Waals surface area contributed by atoms with Crippen LogP contribution in [0.1, 0.15) is 52.7 Å². The highest BCUT2D eigenvalue weighted by atomic mass is 35.5. The van der Waals surface area contributed by atoms with Crippen LogP contribution in [0.3, 0.4) is 0 Å². The van der Waals surface area contributed by atoms with Gasteiger partial charge in [0.1, 0.15) is 12.6 Å². The van der Waals surface area contributed by atoms with E-state index < -0.39 is 28.5 Å². The molecule has 0 aliphatic heterocycles. The van der Waals surface area contributed by atoms with E-state index in [0.717, 1.165) is 21.7 Å². The second-order valence-corrected chi connectivity index (χ2v) is 12.4. The molecule has 0 aliphatic carbocycles. The molecule has 1 atom stereocenters. The molecular formula is C26H36ClN3O4S. The maximum atomic E-state index is 13.5. The molecule has 2 rings (SSSR count). The molecule has 0 aliphatic rings. The molecule has 0 fully saturated rings. The van der Waals surface area contributed by atoms with Gasteiger partial charge in [-0.1, -0.05) is 56.6 Å². The fraction of sp³-hybridized carbons (Fsp3) is 0.462. The molecule has 7 nitrogen and oxygen atoms in total. The number of carbonyl (C=O) groups excluding carboxylic acids is 2. The number of carbonyl (C=O) groups is 2. The Morgan fingerprint density at radius 1 is 0.971 bits per heavy atom. The minimum absolute atomic E-state index is 0.0984. The first-order valence-corrected chi connectivity index (χ1v) is 13.7. The minimum Gasteiger partial charge on any atom is -0.352 e. The Kier molecular flexibility index (Phi) is 9.36. The van der Waals surface area contributed by atoms with Gasteiger partial charge < -0.3 is 10.2 Å². The summed E-state index contributed by atoms with van der Waals surface area (Å²) in [4.78, 5) is 27.7. The zero-order valence-electron chi connectivity index (χ0n) is 21.5. The molecule has 0 aromatic heterocycles. The number of rotatable bonds is 9. The summed E-state index contributed by atoms with van der Waals surface area (Å²) in [6.07, 6.45) is 1.07. The number of anilines is 1. The van der Waals surface area contributed by atoms with Gasteiger partial charge in [0, 0.05) is 17.6 Å². The summed E-state index contributed by atoms with van der Waals surface area (Å²) < 4.78 is 26.4. The fourth-order valence-corrected chi connectivity index (χ4v) is 4.49. The first-order valence-electron chi connectivity index (χ1n) is 11.5. The zero-order chi connectivity index (χ0) is 26.6. The molecule has 192 valence electrons. The maximum absolute atomic E-state index is 13.5. The van der Waals surface area contributed by atoms with Crippen LogP contribution in [0.15, 0.2) is 48.5 Å². The van der Waals surface area contributed by atoms with Gasteiger partial charge in [-0.3, -0.25) is 13.9 Å². The van der Waals surface area contributed by atoms with Gasteiger partial charge in [-0.25, -0.2) is 8.42 Å². The number of nitrogens with one attached hydrogen (secondary N) is 1. The summed E-state index contributed by atoms with van der Waals surface area (Å²) in [5.41, 5.74) is 2.11. The smallest absolute Gasteiger partial charge is 0.244 e. The molecule has 0 saturated heterocycles. The normalized spacial score (nSPS) is 12.8. The van der Waals surface area contributed by atoms with E-state index in [-0.39, 0.29) is 23.9 Å². The van der Waals surface area contributed by atoms with Crippen LogP contribution >= 0.6 is 11.6 Å². The van der Waals surface area contributed by atoms with Crippen molar-refractivity contribution in [1.82, 2.24) is 10.2 Å². The van der Waals surface area contributed by atoms with Crippen LogP contribution in [-0.2, 0) is 31.6 Å². The van der Waals surface area contributed by atoms with Crippen molar-refractivity contribution in [3.63, 3.8) is 0 Å². The predicted octanol–water partition coefficient (Wildman–Crippen LogP) is 4.35. The van der Waals surface area contributed by atoms with Gasteiger partial charge in [0.05, 0.1) is 11.9 Å².